The molecule has 0 saturated carbocycles. The van der Waals surface area contributed by atoms with E-state index in [0.717, 1.165) is 11.8 Å². The molecule has 0 heterocycles. The first-order valence-corrected chi connectivity index (χ1v) is 12.3. The van der Waals surface area contributed by atoms with Gasteiger partial charge in [0, 0.05) is 0 Å². The van der Waals surface area contributed by atoms with Gasteiger partial charge in [0.05, 0.1) is 0 Å². The summed E-state index contributed by atoms with van der Waals surface area (Å²) in [4.78, 5) is 0. The molecule has 0 N–H and O–H groups in total. The van der Waals surface area contributed by atoms with Gasteiger partial charge in [-0.15, -0.1) is 0 Å². The molecule has 0 fully saturated rings. The largest absolute Gasteiger partial charge is 0.0917 e. The standard InChI is InChI=1S/C13H24.C8H18.C5H12.C2H6/c1-5-8-9-13(7-3)11-10-12(4)6-2;1-5-6-7-8(2,3)4;1-4-5(2)3;1-2/h5-6,8,13H,7,9-11H2,1-4H3;5-7H2,1-4H3;5H,4H2,1-3H3;1-2H3/b8-5-,12-6+;;;. The van der Waals surface area contributed by atoms with Crippen molar-refractivity contribution in [2.24, 2.45) is 17.3 Å². The summed E-state index contributed by atoms with van der Waals surface area (Å²) in [5.74, 6) is 1.76. The highest BCUT2D eigenvalue weighted by Gasteiger charge is 2.07. The van der Waals surface area contributed by atoms with Crippen molar-refractivity contribution in [1.29, 1.82) is 0 Å². The Hall–Kier alpha value is -0.520. The normalized spacial score (nSPS) is 12.4. The molecule has 0 amide bonds. The molecule has 0 aliphatic heterocycles. The topological polar surface area (TPSA) is 0 Å². The monoisotopic (exact) mass is 396 g/mol. The van der Waals surface area contributed by atoms with Crippen molar-refractivity contribution in [3.8, 4) is 0 Å². The lowest BCUT2D eigenvalue weighted by Crippen LogP contribution is -2.03. The van der Waals surface area contributed by atoms with Gasteiger partial charge in [-0.25, -0.2) is 0 Å². The maximum absolute atomic E-state index is 2.29. The summed E-state index contributed by atoms with van der Waals surface area (Å²) < 4.78 is 0. The zero-order chi connectivity index (χ0) is 23.0. The summed E-state index contributed by atoms with van der Waals surface area (Å²) in [6.07, 6.45) is 17.2. The maximum Gasteiger partial charge on any atom is -0.0320 e. The van der Waals surface area contributed by atoms with E-state index in [9.17, 15) is 0 Å². The van der Waals surface area contributed by atoms with E-state index < -0.39 is 0 Å². The van der Waals surface area contributed by atoms with E-state index in [4.69, 9.17) is 0 Å². The molecule has 0 radical (unpaired) electrons. The van der Waals surface area contributed by atoms with E-state index in [0.29, 0.717) is 5.41 Å². The highest BCUT2D eigenvalue weighted by molar-refractivity contribution is 4.95. The molecule has 0 saturated heterocycles. The molecule has 1 atom stereocenters. The Morgan fingerprint density at radius 1 is 0.929 bits per heavy atom. The number of allylic oxidation sites excluding steroid dienone is 4. The van der Waals surface area contributed by atoms with Gasteiger partial charge in [-0.1, -0.05) is 119 Å². The van der Waals surface area contributed by atoms with Crippen molar-refractivity contribution in [3.63, 3.8) is 0 Å². The van der Waals surface area contributed by atoms with Crippen LogP contribution < -0.4 is 0 Å². The minimum Gasteiger partial charge on any atom is -0.0917 e. The van der Waals surface area contributed by atoms with Crippen LogP contribution in [-0.4, -0.2) is 0 Å². The van der Waals surface area contributed by atoms with E-state index in [2.05, 4.69) is 94.4 Å². The fraction of sp³-hybridized carbons (Fsp3) is 0.857. The summed E-state index contributed by atoms with van der Waals surface area (Å²) in [5.41, 5.74) is 2.08. The van der Waals surface area contributed by atoms with E-state index in [-0.39, 0.29) is 0 Å². The lowest BCUT2D eigenvalue weighted by molar-refractivity contribution is 0.363. The third kappa shape index (κ3) is 40.2. The maximum atomic E-state index is 2.29. The third-order valence-corrected chi connectivity index (χ3v) is 4.82. The van der Waals surface area contributed by atoms with Gasteiger partial charge in [-0.3, -0.25) is 0 Å². The van der Waals surface area contributed by atoms with Crippen LogP contribution in [0.2, 0.25) is 0 Å². The third-order valence-electron chi connectivity index (χ3n) is 4.82. The van der Waals surface area contributed by atoms with Gasteiger partial charge >= 0.3 is 0 Å². The highest BCUT2D eigenvalue weighted by atomic mass is 14.1. The minimum atomic E-state index is 0.552. The molecule has 0 aliphatic rings. The van der Waals surface area contributed by atoms with Gasteiger partial charge in [-0.05, 0) is 63.7 Å². The van der Waals surface area contributed by atoms with Gasteiger partial charge in [-0.2, -0.15) is 0 Å². The van der Waals surface area contributed by atoms with Gasteiger partial charge in [0.15, 0.2) is 0 Å². The number of hydrogen-bond acceptors (Lipinski definition) is 0. The molecule has 172 valence electrons. The summed E-state index contributed by atoms with van der Waals surface area (Å²) in [5, 5.41) is 0. The predicted molar refractivity (Wildman–Crippen MR) is 137 cm³/mol. The van der Waals surface area contributed by atoms with E-state index in [1.165, 1.54) is 56.9 Å². The first-order valence-electron chi connectivity index (χ1n) is 12.3. The van der Waals surface area contributed by atoms with Crippen molar-refractivity contribution in [2.45, 2.75) is 141 Å². The summed E-state index contributed by atoms with van der Waals surface area (Å²) in [7, 11) is 0. The van der Waals surface area contributed by atoms with Gasteiger partial charge in [0.2, 0.25) is 0 Å². The fourth-order valence-corrected chi connectivity index (χ4v) is 2.10. The fourth-order valence-electron chi connectivity index (χ4n) is 2.10. The Balaban J connectivity index is -0.000000163. The molecule has 0 spiro atoms. The Morgan fingerprint density at radius 3 is 1.68 bits per heavy atom. The Kier molecular flexibility index (Phi) is 33.1. The van der Waals surface area contributed by atoms with Crippen LogP contribution in [0.4, 0.5) is 0 Å². The van der Waals surface area contributed by atoms with Crippen LogP contribution in [-0.2, 0) is 0 Å². The van der Waals surface area contributed by atoms with Crippen molar-refractivity contribution in [1.82, 2.24) is 0 Å². The Bertz CT molecular complexity index is 311. The lowest BCUT2D eigenvalue weighted by Gasteiger charge is -2.16. The summed E-state index contributed by atoms with van der Waals surface area (Å²) >= 11 is 0. The quantitative estimate of drug-likeness (QED) is 0.340. The van der Waals surface area contributed by atoms with E-state index in [1.807, 2.05) is 13.8 Å². The van der Waals surface area contributed by atoms with Crippen LogP contribution in [0.15, 0.2) is 23.8 Å². The molecule has 28 heavy (non-hydrogen) atoms. The van der Waals surface area contributed by atoms with Crippen LogP contribution in [0.1, 0.15) is 141 Å². The number of rotatable bonds is 9. The zero-order valence-corrected chi connectivity index (χ0v) is 22.5. The van der Waals surface area contributed by atoms with Crippen molar-refractivity contribution < 1.29 is 0 Å². The van der Waals surface area contributed by atoms with Crippen LogP contribution in [0, 0.1) is 17.3 Å². The minimum absolute atomic E-state index is 0.552. The number of hydrogen-bond donors (Lipinski definition) is 0. The van der Waals surface area contributed by atoms with Crippen molar-refractivity contribution in [2.75, 3.05) is 0 Å². The molecule has 0 heteroatoms. The molecular formula is C28H60. The second kappa shape index (κ2) is 26.5. The lowest BCUT2D eigenvalue weighted by atomic mass is 9.90. The molecule has 0 rings (SSSR count). The van der Waals surface area contributed by atoms with Gasteiger partial charge in [0.25, 0.3) is 0 Å². The zero-order valence-electron chi connectivity index (χ0n) is 22.5. The highest BCUT2D eigenvalue weighted by Crippen LogP contribution is 2.21. The van der Waals surface area contributed by atoms with Crippen LogP contribution in [0.25, 0.3) is 0 Å². The van der Waals surface area contributed by atoms with Crippen LogP contribution >= 0.6 is 0 Å². The molecule has 0 aliphatic carbocycles. The molecule has 0 aromatic carbocycles. The van der Waals surface area contributed by atoms with Crippen LogP contribution in [0.5, 0.6) is 0 Å². The first-order chi connectivity index (χ1) is 13.1. The molecule has 0 aromatic heterocycles. The second-order valence-electron chi connectivity index (χ2n) is 9.22. The van der Waals surface area contributed by atoms with Crippen LogP contribution in [0.3, 0.4) is 0 Å². The molecule has 0 bridgehead atoms. The SMILES string of the molecule is C/C=C\CC(CC)CC/C(C)=C/C.CC.CCC(C)C.CCCCC(C)(C)C. The second-order valence-corrected chi connectivity index (χ2v) is 9.22. The van der Waals surface area contributed by atoms with Gasteiger partial charge < -0.3 is 0 Å². The molecule has 0 nitrogen and oxygen atoms in total. The summed E-state index contributed by atoms with van der Waals surface area (Å²) in [6.45, 7) is 28.5. The molecule has 0 aromatic rings. The Morgan fingerprint density at radius 2 is 1.43 bits per heavy atom. The number of unbranched alkanes of at least 4 members (excludes halogenated alkanes) is 1. The summed E-state index contributed by atoms with van der Waals surface area (Å²) in [6, 6.07) is 0. The smallest absolute Gasteiger partial charge is 0.0320 e. The Labute approximate surface area is 182 Å². The first kappa shape index (κ1) is 35.0. The van der Waals surface area contributed by atoms with E-state index >= 15 is 0 Å². The van der Waals surface area contributed by atoms with Crippen molar-refractivity contribution >= 4 is 0 Å². The van der Waals surface area contributed by atoms with Crippen molar-refractivity contribution in [3.05, 3.63) is 23.8 Å². The average molecular weight is 397 g/mol. The van der Waals surface area contributed by atoms with Gasteiger partial charge in [0.1, 0.15) is 0 Å². The average Bonchev–Trinajstić information content (AvgIpc) is 2.68. The predicted octanol–water partition coefficient (Wildman–Crippen LogP) is 11.0. The molecule has 1 unspecified atom stereocenters. The van der Waals surface area contributed by atoms with E-state index in [1.54, 1.807) is 0 Å². The molecular weight excluding hydrogens is 336 g/mol.